The summed E-state index contributed by atoms with van der Waals surface area (Å²) < 4.78 is 0. The zero-order chi connectivity index (χ0) is 9.80. The van der Waals surface area contributed by atoms with Crippen LogP contribution in [0.15, 0.2) is 0 Å². The summed E-state index contributed by atoms with van der Waals surface area (Å²) in [5, 5.41) is 0. The zero-order valence-electron chi connectivity index (χ0n) is 8.99. The van der Waals surface area contributed by atoms with Crippen molar-refractivity contribution in [2.45, 2.75) is 12.8 Å². The minimum atomic E-state index is 1.03. The van der Waals surface area contributed by atoms with E-state index in [1.165, 1.54) is 39.0 Å². The van der Waals surface area contributed by atoms with Crippen LogP contribution in [0, 0.1) is 7.05 Å². The second-order valence-electron chi connectivity index (χ2n) is 4.43. The Hall–Kier alpha value is -0.120. The minimum Gasteiger partial charge on any atom is -0.302 e. The lowest BCUT2D eigenvalue weighted by molar-refractivity contribution is 0.151. The molecule has 0 amide bonds. The summed E-state index contributed by atoms with van der Waals surface area (Å²) in [6.07, 6.45) is 2.80. The second-order valence-corrected chi connectivity index (χ2v) is 4.43. The molecule has 0 aromatic rings. The Morgan fingerprint density at radius 1 is 0.714 bits per heavy atom. The molecule has 3 heteroatoms. The van der Waals surface area contributed by atoms with Gasteiger partial charge in [0.15, 0.2) is 0 Å². The molecule has 0 aliphatic carbocycles. The molecule has 0 N–H and O–H groups in total. The molecule has 0 saturated carbocycles. The molecule has 2 rings (SSSR count). The molecule has 2 heterocycles. The van der Waals surface area contributed by atoms with Crippen molar-refractivity contribution in [2.75, 3.05) is 52.4 Å². The summed E-state index contributed by atoms with van der Waals surface area (Å²) in [6, 6.07) is 0. The standard InChI is InChI=1S/C11H21N3/c1-12-6-8-14(9-7-12)11-10-13-4-2-3-5-13/h1H,2-11H2. The highest BCUT2D eigenvalue weighted by atomic mass is 15.3. The normalized spacial score (nSPS) is 27.2. The van der Waals surface area contributed by atoms with Gasteiger partial charge in [-0.15, -0.1) is 0 Å². The van der Waals surface area contributed by atoms with Crippen LogP contribution in [0.5, 0.6) is 0 Å². The van der Waals surface area contributed by atoms with Gasteiger partial charge in [-0.05, 0) is 25.9 Å². The molecule has 2 radical (unpaired) electrons. The number of rotatable bonds is 3. The van der Waals surface area contributed by atoms with Gasteiger partial charge in [-0.1, -0.05) is 0 Å². The van der Waals surface area contributed by atoms with Gasteiger partial charge in [0.05, 0.1) is 0 Å². The first-order valence-corrected chi connectivity index (χ1v) is 5.79. The lowest BCUT2D eigenvalue weighted by atomic mass is 10.3. The van der Waals surface area contributed by atoms with E-state index in [4.69, 9.17) is 7.05 Å². The first-order valence-electron chi connectivity index (χ1n) is 5.79. The highest BCUT2D eigenvalue weighted by Crippen LogP contribution is 2.07. The molecule has 0 unspecified atom stereocenters. The summed E-state index contributed by atoms with van der Waals surface area (Å²) >= 11 is 0. The van der Waals surface area contributed by atoms with Crippen molar-refractivity contribution >= 4 is 0 Å². The van der Waals surface area contributed by atoms with E-state index in [1.54, 1.807) is 0 Å². The van der Waals surface area contributed by atoms with Crippen molar-refractivity contribution in [1.29, 1.82) is 0 Å². The van der Waals surface area contributed by atoms with Crippen molar-refractivity contribution in [3.8, 4) is 0 Å². The van der Waals surface area contributed by atoms with Crippen LogP contribution in [0.4, 0.5) is 0 Å². The molecule has 0 aromatic carbocycles. The van der Waals surface area contributed by atoms with Crippen LogP contribution in [-0.2, 0) is 0 Å². The van der Waals surface area contributed by atoms with Gasteiger partial charge in [0.1, 0.15) is 0 Å². The molecular formula is C11H21N3. The van der Waals surface area contributed by atoms with E-state index in [0.717, 1.165) is 26.2 Å². The predicted octanol–water partition coefficient (Wildman–Crippen LogP) is 0.368. The molecule has 2 fully saturated rings. The van der Waals surface area contributed by atoms with Gasteiger partial charge >= 0.3 is 0 Å². The Bertz CT molecular complexity index is 158. The zero-order valence-corrected chi connectivity index (χ0v) is 8.99. The topological polar surface area (TPSA) is 9.72 Å². The molecule has 2 aliphatic rings. The van der Waals surface area contributed by atoms with Crippen LogP contribution in [0.1, 0.15) is 12.8 Å². The maximum Gasteiger partial charge on any atom is 0.0439 e. The fourth-order valence-corrected chi connectivity index (χ4v) is 2.28. The van der Waals surface area contributed by atoms with Crippen molar-refractivity contribution in [1.82, 2.24) is 14.7 Å². The van der Waals surface area contributed by atoms with Crippen LogP contribution in [0.25, 0.3) is 0 Å². The van der Waals surface area contributed by atoms with Crippen molar-refractivity contribution in [3.05, 3.63) is 7.05 Å². The summed E-state index contributed by atoms with van der Waals surface area (Å²) in [5.74, 6) is 0. The first kappa shape index (κ1) is 10.4. The summed E-state index contributed by atoms with van der Waals surface area (Å²) in [6.45, 7) is 9.46. The lowest BCUT2D eigenvalue weighted by Gasteiger charge is -2.32. The molecule has 2 saturated heterocycles. The van der Waals surface area contributed by atoms with Gasteiger partial charge in [0.2, 0.25) is 0 Å². The average molecular weight is 195 g/mol. The SMILES string of the molecule is [CH]N1CCN(CCN2CCCC2)CC1. The van der Waals surface area contributed by atoms with Gasteiger partial charge in [-0.25, -0.2) is 0 Å². The number of hydrogen-bond donors (Lipinski definition) is 0. The Kier molecular flexibility index (Phi) is 3.79. The fourth-order valence-electron chi connectivity index (χ4n) is 2.28. The lowest BCUT2D eigenvalue weighted by Crippen LogP contribution is -2.46. The summed E-state index contributed by atoms with van der Waals surface area (Å²) in [4.78, 5) is 7.03. The van der Waals surface area contributed by atoms with Crippen LogP contribution in [-0.4, -0.2) is 67.1 Å². The fraction of sp³-hybridized carbons (Fsp3) is 0.909. The molecule has 3 nitrogen and oxygen atoms in total. The van der Waals surface area contributed by atoms with E-state index in [9.17, 15) is 0 Å². The molecule has 14 heavy (non-hydrogen) atoms. The molecule has 2 aliphatic heterocycles. The Morgan fingerprint density at radius 2 is 1.21 bits per heavy atom. The highest BCUT2D eigenvalue weighted by molar-refractivity contribution is 4.73. The molecular weight excluding hydrogens is 174 g/mol. The Labute approximate surface area is 87.7 Å². The van der Waals surface area contributed by atoms with E-state index in [-0.39, 0.29) is 0 Å². The largest absolute Gasteiger partial charge is 0.302 e. The van der Waals surface area contributed by atoms with E-state index >= 15 is 0 Å². The van der Waals surface area contributed by atoms with Gasteiger partial charge in [-0.2, -0.15) is 0 Å². The predicted molar refractivity (Wildman–Crippen MR) is 58.0 cm³/mol. The van der Waals surface area contributed by atoms with Crippen molar-refractivity contribution < 1.29 is 0 Å². The third-order valence-electron chi connectivity index (χ3n) is 3.34. The summed E-state index contributed by atoms with van der Waals surface area (Å²) in [5.41, 5.74) is 0. The van der Waals surface area contributed by atoms with E-state index < -0.39 is 0 Å². The van der Waals surface area contributed by atoms with Crippen LogP contribution in [0.3, 0.4) is 0 Å². The van der Waals surface area contributed by atoms with E-state index in [1.807, 2.05) is 4.90 Å². The van der Waals surface area contributed by atoms with Gasteiger partial charge in [0.25, 0.3) is 0 Å². The maximum atomic E-state index is 5.71. The van der Waals surface area contributed by atoms with Crippen LogP contribution in [0.2, 0.25) is 0 Å². The molecule has 80 valence electrons. The number of nitrogens with zero attached hydrogens (tertiary/aromatic N) is 3. The summed E-state index contributed by atoms with van der Waals surface area (Å²) in [7, 11) is 5.71. The minimum absolute atomic E-state index is 1.03. The quantitative estimate of drug-likeness (QED) is 0.644. The first-order chi connectivity index (χ1) is 6.84. The molecule has 0 atom stereocenters. The monoisotopic (exact) mass is 195 g/mol. The molecule has 0 spiro atoms. The van der Waals surface area contributed by atoms with Crippen molar-refractivity contribution in [3.63, 3.8) is 0 Å². The van der Waals surface area contributed by atoms with Gasteiger partial charge in [-0.3, -0.25) is 9.80 Å². The van der Waals surface area contributed by atoms with Gasteiger partial charge < -0.3 is 4.90 Å². The van der Waals surface area contributed by atoms with Crippen LogP contribution >= 0.6 is 0 Å². The molecule has 0 aromatic heterocycles. The van der Waals surface area contributed by atoms with Gasteiger partial charge in [0, 0.05) is 46.3 Å². The molecule has 0 bridgehead atoms. The van der Waals surface area contributed by atoms with E-state index in [0.29, 0.717) is 0 Å². The number of piperazine rings is 1. The second kappa shape index (κ2) is 5.10. The average Bonchev–Trinajstić information content (AvgIpc) is 2.70. The number of hydrogen-bond acceptors (Lipinski definition) is 3. The van der Waals surface area contributed by atoms with E-state index in [2.05, 4.69) is 9.80 Å². The van der Waals surface area contributed by atoms with Crippen molar-refractivity contribution in [2.24, 2.45) is 0 Å². The Balaban J connectivity index is 1.60. The van der Waals surface area contributed by atoms with Crippen LogP contribution < -0.4 is 0 Å². The third kappa shape index (κ3) is 2.94. The highest BCUT2D eigenvalue weighted by Gasteiger charge is 2.16. The smallest absolute Gasteiger partial charge is 0.0439 e. The third-order valence-corrected chi connectivity index (χ3v) is 3.34. The maximum absolute atomic E-state index is 5.71. The Morgan fingerprint density at radius 3 is 1.79 bits per heavy atom. The number of likely N-dealkylation sites (tertiary alicyclic amines) is 1.